The molecule has 0 aliphatic carbocycles. The van der Waals surface area contributed by atoms with Gasteiger partial charge in [0.15, 0.2) is 16.1 Å². The lowest BCUT2D eigenvalue weighted by molar-refractivity contribution is -0.116. The molecule has 0 fully saturated rings. The van der Waals surface area contributed by atoms with Crippen molar-refractivity contribution < 1.29 is 9.59 Å². The fraction of sp³-hybridized carbons (Fsp3) is 0.357. The van der Waals surface area contributed by atoms with Crippen LogP contribution in [0.3, 0.4) is 0 Å². The smallest absolute Gasteiger partial charge is 0.254 e. The number of hydrogen-bond donors (Lipinski definition) is 1. The second-order valence-corrected chi connectivity index (χ2v) is 6.62. The molecule has 2 heterocycles. The highest BCUT2D eigenvalue weighted by Crippen LogP contribution is 2.22. The molecule has 0 unspecified atom stereocenters. The van der Waals surface area contributed by atoms with Gasteiger partial charge in [0.05, 0.1) is 10.6 Å². The monoisotopic (exact) mass is 352 g/mol. The number of ketones is 1. The first-order chi connectivity index (χ1) is 10.8. The van der Waals surface area contributed by atoms with E-state index in [2.05, 4.69) is 15.3 Å². The summed E-state index contributed by atoms with van der Waals surface area (Å²) in [6.07, 6.45) is 1.79. The number of thioether (sulfide) groups is 1. The third-order valence-electron chi connectivity index (χ3n) is 2.95. The summed E-state index contributed by atoms with van der Waals surface area (Å²) in [5.41, 5.74) is 0.908. The van der Waals surface area contributed by atoms with Gasteiger partial charge in [-0.3, -0.25) is 19.0 Å². The van der Waals surface area contributed by atoms with Crippen LogP contribution in [0.2, 0.25) is 0 Å². The van der Waals surface area contributed by atoms with Crippen LogP contribution in [0.5, 0.6) is 0 Å². The van der Waals surface area contributed by atoms with E-state index in [1.165, 1.54) is 29.3 Å². The molecular weight excluding hydrogens is 336 g/mol. The Morgan fingerprint density at radius 1 is 1.35 bits per heavy atom. The molecular formula is C14H16N4O3S2. The highest BCUT2D eigenvalue weighted by atomic mass is 32.2. The fourth-order valence-electron chi connectivity index (χ4n) is 1.97. The van der Waals surface area contributed by atoms with Crippen molar-refractivity contribution in [2.45, 2.75) is 32.5 Å². The lowest BCUT2D eigenvalue weighted by Crippen LogP contribution is -2.29. The van der Waals surface area contributed by atoms with Gasteiger partial charge in [-0.25, -0.2) is 9.97 Å². The summed E-state index contributed by atoms with van der Waals surface area (Å²) < 4.78 is 1.30. The first kappa shape index (κ1) is 17.4. The first-order valence-electron chi connectivity index (χ1n) is 6.72. The van der Waals surface area contributed by atoms with Crippen molar-refractivity contribution in [1.29, 1.82) is 0 Å². The van der Waals surface area contributed by atoms with E-state index in [0.29, 0.717) is 26.6 Å². The maximum Gasteiger partial charge on any atom is 0.254 e. The van der Waals surface area contributed by atoms with Crippen LogP contribution in [0.15, 0.2) is 16.0 Å². The minimum absolute atomic E-state index is 0.0934. The minimum Gasteiger partial charge on any atom is -0.300 e. The lowest BCUT2D eigenvalue weighted by atomic mass is 10.3. The highest BCUT2D eigenvalue weighted by Gasteiger charge is 2.15. The number of Topliss-reactive ketones (excluding diaryl/α,β-unsaturated/α-hetero) is 1. The van der Waals surface area contributed by atoms with Crippen LogP contribution in [0.4, 0.5) is 5.13 Å². The minimum atomic E-state index is -0.392. The summed E-state index contributed by atoms with van der Waals surface area (Å²) in [6.45, 7) is 4.74. The van der Waals surface area contributed by atoms with Gasteiger partial charge >= 0.3 is 0 Å². The summed E-state index contributed by atoms with van der Waals surface area (Å²) in [7, 11) is 0. The number of nitrogens with zero attached hydrogens (tertiary/aromatic N) is 3. The van der Waals surface area contributed by atoms with Crippen LogP contribution in [-0.2, 0) is 11.3 Å². The molecule has 0 aliphatic heterocycles. The van der Waals surface area contributed by atoms with Gasteiger partial charge in [0.25, 0.3) is 5.56 Å². The maximum atomic E-state index is 12.2. The van der Waals surface area contributed by atoms with Crippen LogP contribution in [0.1, 0.15) is 28.0 Å². The zero-order chi connectivity index (χ0) is 17.1. The first-order valence-corrected chi connectivity index (χ1v) is 8.76. The van der Waals surface area contributed by atoms with Crippen molar-refractivity contribution in [3.63, 3.8) is 0 Å². The topological polar surface area (TPSA) is 93.9 Å². The van der Waals surface area contributed by atoms with E-state index in [0.717, 1.165) is 11.3 Å². The largest absolute Gasteiger partial charge is 0.300 e. The van der Waals surface area contributed by atoms with Gasteiger partial charge in [0, 0.05) is 18.7 Å². The molecule has 0 saturated heterocycles. The van der Waals surface area contributed by atoms with Crippen LogP contribution in [0, 0.1) is 13.8 Å². The van der Waals surface area contributed by atoms with E-state index >= 15 is 0 Å². The quantitative estimate of drug-likeness (QED) is 0.502. The molecule has 0 atom stereocenters. The molecule has 2 rings (SSSR count). The maximum absolute atomic E-state index is 12.2. The number of nitrogens with one attached hydrogen (secondary N) is 1. The van der Waals surface area contributed by atoms with Crippen molar-refractivity contribution in [2.75, 3.05) is 11.6 Å². The van der Waals surface area contributed by atoms with Crippen LogP contribution in [0.25, 0.3) is 0 Å². The Kier molecular flexibility index (Phi) is 5.32. The molecule has 1 amide bonds. The van der Waals surface area contributed by atoms with Gasteiger partial charge in [-0.05, 0) is 20.1 Å². The number of amides is 1. The Balaban J connectivity index is 2.19. The Hall–Kier alpha value is -2.00. The van der Waals surface area contributed by atoms with Crippen LogP contribution < -0.4 is 10.9 Å². The average molecular weight is 352 g/mol. The number of anilines is 1. The third-order valence-corrected chi connectivity index (χ3v) is 4.80. The van der Waals surface area contributed by atoms with Crippen LogP contribution >= 0.6 is 23.1 Å². The van der Waals surface area contributed by atoms with Gasteiger partial charge in [0.2, 0.25) is 5.91 Å². The molecule has 23 heavy (non-hydrogen) atoms. The zero-order valence-corrected chi connectivity index (χ0v) is 14.8. The number of hydrogen-bond acceptors (Lipinski definition) is 7. The number of aryl methyl sites for hydroxylation is 2. The summed E-state index contributed by atoms with van der Waals surface area (Å²) in [4.78, 5) is 44.5. The van der Waals surface area contributed by atoms with E-state index in [4.69, 9.17) is 0 Å². The van der Waals surface area contributed by atoms with Crippen molar-refractivity contribution in [3.8, 4) is 0 Å². The van der Waals surface area contributed by atoms with Crippen molar-refractivity contribution in [1.82, 2.24) is 14.5 Å². The standard InChI is InChI=1S/C14H16N4O3S2/c1-7-5-11(21)18(14(15-7)22-4)6-10(20)17-13-16-8(2)12(23-13)9(3)19/h5H,6H2,1-4H3,(H,16,17,20). The Labute approximate surface area is 141 Å². The number of thiazole rings is 1. The van der Waals surface area contributed by atoms with E-state index in [9.17, 15) is 14.4 Å². The van der Waals surface area contributed by atoms with Gasteiger partial charge in [-0.2, -0.15) is 0 Å². The third kappa shape index (κ3) is 4.05. The normalized spacial score (nSPS) is 10.6. The van der Waals surface area contributed by atoms with Gasteiger partial charge in [-0.1, -0.05) is 23.1 Å². The molecule has 7 nitrogen and oxygen atoms in total. The van der Waals surface area contributed by atoms with E-state index in [-0.39, 0.29) is 17.9 Å². The molecule has 0 radical (unpaired) electrons. The molecule has 9 heteroatoms. The predicted molar refractivity (Wildman–Crippen MR) is 90.5 cm³/mol. The van der Waals surface area contributed by atoms with E-state index < -0.39 is 5.91 Å². The number of rotatable bonds is 5. The second-order valence-electron chi connectivity index (χ2n) is 4.85. The molecule has 122 valence electrons. The summed E-state index contributed by atoms with van der Waals surface area (Å²) in [6, 6.07) is 1.38. The molecule has 0 bridgehead atoms. The second kappa shape index (κ2) is 7.05. The molecule has 2 aromatic rings. The number of aromatic nitrogens is 3. The fourth-order valence-corrected chi connectivity index (χ4v) is 3.46. The summed E-state index contributed by atoms with van der Waals surface area (Å²) >= 11 is 2.42. The van der Waals surface area contributed by atoms with Gasteiger partial charge < -0.3 is 5.32 Å². The molecule has 0 aromatic carbocycles. The Morgan fingerprint density at radius 2 is 2.04 bits per heavy atom. The molecule has 0 aliphatic rings. The Morgan fingerprint density at radius 3 is 2.61 bits per heavy atom. The van der Waals surface area contributed by atoms with Crippen LogP contribution in [-0.4, -0.2) is 32.5 Å². The highest BCUT2D eigenvalue weighted by molar-refractivity contribution is 7.98. The lowest BCUT2D eigenvalue weighted by Gasteiger charge is -2.10. The number of carbonyl (C=O) groups excluding carboxylic acids is 2. The molecule has 2 aromatic heterocycles. The Bertz CT molecular complexity index is 826. The summed E-state index contributed by atoms with van der Waals surface area (Å²) in [5.74, 6) is -0.485. The predicted octanol–water partition coefficient (Wildman–Crippen LogP) is 1.88. The van der Waals surface area contributed by atoms with Crippen molar-refractivity contribution >= 4 is 39.9 Å². The van der Waals surface area contributed by atoms with Gasteiger partial charge in [0.1, 0.15) is 6.54 Å². The van der Waals surface area contributed by atoms with E-state index in [1.54, 1.807) is 20.1 Å². The molecule has 1 N–H and O–H groups in total. The summed E-state index contributed by atoms with van der Waals surface area (Å²) in [5, 5.41) is 3.44. The van der Waals surface area contributed by atoms with E-state index in [1.807, 2.05) is 0 Å². The average Bonchev–Trinajstić information content (AvgIpc) is 2.82. The number of carbonyl (C=O) groups is 2. The van der Waals surface area contributed by atoms with Crippen molar-refractivity contribution in [2.24, 2.45) is 0 Å². The molecule has 0 saturated carbocycles. The SMILES string of the molecule is CSc1nc(C)cc(=O)n1CC(=O)Nc1nc(C)c(C(C)=O)s1. The zero-order valence-electron chi connectivity index (χ0n) is 13.2. The van der Waals surface area contributed by atoms with Gasteiger partial charge in [-0.15, -0.1) is 0 Å². The van der Waals surface area contributed by atoms with Crippen molar-refractivity contribution in [3.05, 3.63) is 32.7 Å². The molecule has 0 spiro atoms.